The number of sulfonamides is 2. The number of fused-ring (bicyclic) bond motifs is 2. The molecule has 0 aromatic rings. The highest BCUT2D eigenvalue weighted by Gasteiger charge is 2.42. The van der Waals surface area contributed by atoms with Gasteiger partial charge in [0, 0.05) is 57.4 Å². The molecule has 0 spiro atoms. The van der Waals surface area contributed by atoms with E-state index in [9.17, 15) is 64.8 Å². The number of amides is 8. The Balaban J connectivity index is 2.08. The molecule has 3 aliphatic heterocycles. The van der Waals surface area contributed by atoms with Crippen molar-refractivity contribution < 1.29 is 74.3 Å². The van der Waals surface area contributed by atoms with Gasteiger partial charge in [0.2, 0.25) is 67.3 Å². The summed E-state index contributed by atoms with van der Waals surface area (Å²) < 4.78 is 70.5. The van der Waals surface area contributed by atoms with Crippen LogP contribution in [0.3, 0.4) is 0 Å². The van der Waals surface area contributed by atoms with Crippen LogP contribution in [-0.4, -0.2) is 250 Å². The molecule has 456 valence electrons. The summed E-state index contributed by atoms with van der Waals surface area (Å²) >= 11 is 0. The number of nitrogens with one attached hydrogen (secondary N) is 4. The maximum atomic E-state index is 14.5. The number of carbonyl (C=O) groups is 10. The van der Waals surface area contributed by atoms with Gasteiger partial charge in [0.05, 0.1) is 37.7 Å². The molecule has 3 saturated heterocycles. The lowest BCUT2D eigenvalue weighted by Crippen LogP contribution is -2.60. The molecule has 3 aliphatic rings. The smallest absolute Gasteiger partial charge is 0.329 e. The van der Waals surface area contributed by atoms with Crippen molar-refractivity contribution in [1.29, 1.82) is 0 Å². The first-order valence-electron chi connectivity index (χ1n) is 27.4. The average Bonchev–Trinajstić information content (AvgIpc) is 3.36. The van der Waals surface area contributed by atoms with E-state index in [1.807, 2.05) is 39.3 Å². The SMILES string of the molecule is CC(C)[C@H]1C(=O)OC[C@@H](NS(=O)(=O)CC[Si](C)(C)C)C(=O)N2CCCC[C@H]2C(=O)NCC(=O)N(C)CC(=O)N(C)[C@@H](C(C)C)C(=O)OC[C@@H](NS(=O)(=O)CC[Si](C)(C)C)C(=O)N2CCCC[C@H]2C(=O)NCC(=O)N(C)CC(=O)N1C. The van der Waals surface area contributed by atoms with E-state index < -0.39 is 183 Å². The molecular formula is C50H90N10O16S2Si2. The summed E-state index contributed by atoms with van der Waals surface area (Å²) in [5.41, 5.74) is 0. The molecule has 3 heterocycles. The van der Waals surface area contributed by atoms with E-state index in [1.54, 1.807) is 27.7 Å². The van der Waals surface area contributed by atoms with E-state index in [4.69, 9.17) is 9.47 Å². The van der Waals surface area contributed by atoms with Gasteiger partial charge in [-0.25, -0.2) is 26.4 Å². The Hall–Kier alpha value is -5.05. The second kappa shape index (κ2) is 29.8. The second-order valence-corrected chi connectivity index (χ2v) is 39.3. The van der Waals surface area contributed by atoms with Crippen LogP contribution in [0.2, 0.25) is 51.4 Å². The van der Waals surface area contributed by atoms with Gasteiger partial charge in [-0.05, 0) is 62.4 Å². The molecule has 30 heteroatoms. The highest BCUT2D eigenvalue weighted by atomic mass is 32.2. The fourth-order valence-corrected chi connectivity index (χ4v) is 17.8. The zero-order valence-electron chi connectivity index (χ0n) is 49.4. The Morgan fingerprint density at radius 2 is 0.850 bits per heavy atom. The molecule has 0 aliphatic carbocycles. The number of esters is 2. The minimum atomic E-state index is -4.20. The molecule has 0 aromatic heterocycles. The number of nitrogens with zero attached hydrogens (tertiary/aromatic N) is 6. The normalized spacial score (nSPS) is 25.1. The molecular weight excluding hydrogens is 1120 g/mol. The van der Waals surface area contributed by atoms with Crippen molar-refractivity contribution in [3.05, 3.63) is 0 Å². The van der Waals surface area contributed by atoms with Gasteiger partial charge in [-0.2, -0.15) is 9.44 Å². The van der Waals surface area contributed by atoms with Crippen LogP contribution in [0, 0.1) is 11.8 Å². The van der Waals surface area contributed by atoms with Crippen LogP contribution in [0.25, 0.3) is 0 Å². The van der Waals surface area contributed by atoms with Gasteiger partial charge in [0.15, 0.2) is 0 Å². The lowest BCUT2D eigenvalue weighted by Gasteiger charge is -2.37. The van der Waals surface area contributed by atoms with Gasteiger partial charge in [-0.15, -0.1) is 0 Å². The summed E-state index contributed by atoms with van der Waals surface area (Å²) in [5, 5.41) is 5.05. The summed E-state index contributed by atoms with van der Waals surface area (Å²) in [6, 6.07) is -7.82. The summed E-state index contributed by atoms with van der Waals surface area (Å²) in [4.78, 5) is 146. The molecule has 0 radical (unpaired) electrons. The summed E-state index contributed by atoms with van der Waals surface area (Å²) in [5.74, 6) is -10.2. The second-order valence-electron chi connectivity index (χ2n) is 24.3. The standard InChI is InChI=1S/C50H90N10O16S2Si2/c1-33(2)43-49(69)75-31-35(53-77(71,72)23-25-79(9,10)11)47(67)59-21-17-15-19-37(59)45(65)52-28-40(62)56(6)30-42(64)58(8)44(34(3)4)50(70)76-32-36(54-78(73,74)24-26-80(12,13)14)48(68)60-22-18-16-20-38(60)46(66)51-27-39(61)55(5)29-41(63)57(43)7/h33-38,43-44,53-54H,15-32H2,1-14H3,(H,51,66)(H,52,65)/t35-,36-,37+,38+,43+,44+/m1/s1. The third kappa shape index (κ3) is 21.4. The monoisotopic (exact) mass is 1210 g/mol. The predicted octanol–water partition coefficient (Wildman–Crippen LogP) is -0.784. The van der Waals surface area contributed by atoms with E-state index in [-0.39, 0.29) is 37.4 Å². The van der Waals surface area contributed by atoms with E-state index >= 15 is 0 Å². The van der Waals surface area contributed by atoms with E-state index in [2.05, 4.69) is 20.1 Å². The van der Waals surface area contributed by atoms with Gasteiger partial charge in [0.25, 0.3) is 0 Å². The fourth-order valence-electron chi connectivity index (χ4n) is 9.28. The minimum Gasteiger partial charge on any atom is -0.462 e. The van der Waals surface area contributed by atoms with Crippen molar-refractivity contribution in [1.82, 2.24) is 49.5 Å². The fraction of sp³-hybridized carbons (Fsp3) is 0.800. The predicted molar refractivity (Wildman–Crippen MR) is 302 cm³/mol. The van der Waals surface area contributed by atoms with Crippen molar-refractivity contribution in [2.24, 2.45) is 11.8 Å². The van der Waals surface area contributed by atoms with Crippen LogP contribution in [0.5, 0.6) is 0 Å². The quantitative estimate of drug-likeness (QED) is 0.138. The van der Waals surface area contributed by atoms with Crippen LogP contribution in [0.15, 0.2) is 0 Å². The first-order chi connectivity index (χ1) is 36.9. The number of likely N-dealkylation sites (N-methyl/N-ethyl adjacent to an activating group) is 4. The zero-order chi connectivity index (χ0) is 60.8. The highest BCUT2D eigenvalue weighted by Crippen LogP contribution is 2.23. The maximum Gasteiger partial charge on any atom is 0.329 e. The lowest BCUT2D eigenvalue weighted by atomic mass is 10.00. The number of hydrogen-bond donors (Lipinski definition) is 4. The molecule has 0 bridgehead atoms. The Bertz CT molecular complexity index is 2320. The minimum absolute atomic E-state index is 0.00175. The molecule has 3 rings (SSSR count). The Labute approximate surface area is 474 Å². The van der Waals surface area contributed by atoms with Crippen LogP contribution < -0.4 is 20.1 Å². The van der Waals surface area contributed by atoms with Crippen molar-refractivity contribution >= 4 is 95.4 Å². The van der Waals surface area contributed by atoms with Gasteiger partial charge >= 0.3 is 11.9 Å². The Kier molecular flexibility index (Phi) is 25.8. The number of cyclic esters (lactones) is 2. The number of hydrogen-bond acceptors (Lipinski definition) is 16. The van der Waals surface area contributed by atoms with Crippen LogP contribution in [-0.2, 0) is 77.5 Å². The van der Waals surface area contributed by atoms with Crippen molar-refractivity contribution in [3.63, 3.8) is 0 Å². The van der Waals surface area contributed by atoms with E-state index in [0.717, 1.165) is 29.4 Å². The van der Waals surface area contributed by atoms with Gasteiger partial charge in [-0.1, -0.05) is 67.0 Å². The number of rotatable bonds is 12. The molecule has 80 heavy (non-hydrogen) atoms. The molecule has 0 unspecified atom stereocenters. The largest absolute Gasteiger partial charge is 0.462 e. The van der Waals surface area contributed by atoms with Crippen LogP contribution >= 0.6 is 0 Å². The highest BCUT2D eigenvalue weighted by molar-refractivity contribution is 7.89. The number of ether oxygens (including phenoxy) is 2. The van der Waals surface area contributed by atoms with Crippen molar-refractivity contribution in [3.8, 4) is 0 Å². The summed E-state index contributed by atoms with van der Waals surface area (Å²) in [7, 11) is -7.09. The maximum absolute atomic E-state index is 14.5. The molecule has 3 fully saturated rings. The molecule has 0 aromatic carbocycles. The summed E-state index contributed by atoms with van der Waals surface area (Å²) in [6.07, 6.45) is 2.05. The van der Waals surface area contributed by atoms with Crippen LogP contribution in [0.4, 0.5) is 0 Å². The molecule has 8 amide bonds. The van der Waals surface area contributed by atoms with Crippen LogP contribution in [0.1, 0.15) is 66.2 Å². The zero-order valence-corrected chi connectivity index (χ0v) is 53.0. The Morgan fingerprint density at radius 3 is 1.15 bits per heavy atom. The average molecular weight is 1210 g/mol. The number of piperidine rings is 2. The Morgan fingerprint density at radius 1 is 0.525 bits per heavy atom. The first kappa shape index (κ1) is 69.2. The van der Waals surface area contributed by atoms with Gasteiger partial charge < -0.3 is 49.5 Å². The lowest BCUT2D eigenvalue weighted by molar-refractivity contribution is -0.159. The van der Waals surface area contributed by atoms with Crippen molar-refractivity contribution in [2.45, 2.75) is 154 Å². The summed E-state index contributed by atoms with van der Waals surface area (Å²) in [6.45, 7) is 14.2. The first-order valence-corrected chi connectivity index (χ1v) is 38.1. The third-order valence-corrected chi connectivity index (χ3v) is 21.2. The third-order valence-electron chi connectivity index (χ3n) is 14.2. The van der Waals surface area contributed by atoms with E-state index in [0.29, 0.717) is 37.8 Å². The topological polar surface area (TPSA) is 325 Å². The molecule has 6 atom stereocenters. The van der Waals surface area contributed by atoms with Gasteiger partial charge in [-0.3, -0.25) is 38.4 Å². The molecule has 0 saturated carbocycles. The molecule has 4 N–H and O–H groups in total. The van der Waals surface area contributed by atoms with Crippen molar-refractivity contribution in [2.75, 3.05) is 92.2 Å². The number of carbonyl (C=O) groups excluding carboxylic acids is 10. The van der Waals surface area contributed by atoms with Gasteiger partial charge in [0.1, 0.15) is 49.5 Å². The molecule has 26 nitrogen and oxygen atoms in total. The van der Waals surface area contributed by atoms with E-state index in [1.165, 1.54) is 28.2 Å².